The maximum Gasteiger partial charge on any atom is 0.154 e. The van der Waals surface area contributed by atoms with Crippen molar-refractivity contribution < 1.29 is 5.21 Å². The molecule has 0 unspecified atom stereocenters. The Morgan fingerprint density at radius 2 is 2.28 bits per heavy atom. The van der Waals surface area contributed by atoms with E-state index in [1.807, 2.05) is 43.5 Å². The van der Waals surface area contributed by atoms with E-state index in [0.29, 0.717) is 18.1 Å². The van der Waals surface area contributed by atoms with Gasteiger partial charge in [-0.05, 0) is 43.0 Å². The molecular formula is C13H15N3OS. The smallest absolute Gasteiger partial charge is 0.154 e. The Morgan fingerprint density at radius 1 is 1.44 bits per heavy atom. The second-order valence-corrected chi connectivity index (χ2v) is 5.10. The third kappa shape index (κ3) is 3.38. The van der Waals surface area contributed by atoms with E-state index in [1.54, 1.807) is 11.3 Å². The molecule has 0 saturated carbocycles. The first-order valence-electron chi connectivity index (χ1n) is 5.63. The summed E-state index contributed by atoms with van der Waals surface area (Å²) in [5.41, 5.74) is 4.17. The number of aromatic nitrogens is 1. The lowest BCUT2D eigenvalue weighted by atomic mass is 10.2. The molecule has 94 valence electrons. The molecule has 0 aliphatic heterocycles. The lowest BCUT2D eigenvalue weighted by Gasteiger charge is -2.04. The lowest BCUT2D eigenvalue weighted by Crippen LogP contribution is -2.20. The lowest BCUT2D eigenvalue weighted by molar-refractivity contribution is 0.232. The van der Waals surface area contributed by atoms with Crippen LogP contribution in [0.3, 0.4) is 0 Å². The Labute approximate surface area is 110 Å². The van der Waals surface area contributed by atoms with Gasteiger partial charge in [0.25, 0.3) is 0 Å². The highest BCUT2D eigenvalue weighted by molar-refractivity contribution is 7.10. The Morgan fingerprint density at radius 3 is 2.89 bits per heavy atom. The summed E-state index contributed by atoms with van der Waals surface area (Å²) in [6.45, 7) is 3.93. The summed E-state index contributed by atoms with van der Waals surface area (Å²) in [6, 6.07) is 7.86. The zero-order valence-corrected chi connectivity index (χ0v) is 11.2. The summed E-state index contributed by atoms with van der Waals surface area (Å²) in [5, 5.41) is 11.1. The van der Waals surface area contributed by atoms with Gasteiger partial charge < -0.3 is 0 Å². The number of thiophene rings is 1. The van der Waals surface area contributed by atoms with E-state index in [9.17, 15) is 0 Å². The van der Waals surface area contributed by atoms with Crippen molar-refractivity contribution >= 4 is 23.0 Å². The van der Waals surface area contributed by atoms with Gasteiger partial charge in [-0.25, -0.2) is 9.98 Å². The van der Waals surface area contributed by atoms with Crippen LogP contribution in [0, 0.1) is 13.8 Å². The molecule has 4 nitrogen and oxygen atoms in total. The Kier molecular flexibility index (Phi) is 4.07. The summed E-state index contributed by atoms with van der Waals surface area (Å²) >= 11 is 1.63. The topological polar surface area (TPSA) is 57.5 Å². The summed E-state index contributed by atoms with van der Waals surface area (Å²) in [6.07, 6.45) is 0.572. The zero-order chi connectivity index (χ0) is 13.0. The molecule has 0 aliphatic carbocycles. The average Bonchev–Trinajstić information content (AvgIpc) is 2.79. The van der Waals surface area contributed by atoms with Gasteiger partial charge in [0.1, 0.15) is 5.84 Å². The quantitative estimate of drug-likeness (QED) is 0.507. The molecule has 2 rings (SSSR count). The molecule has 0 aromatic carbocycles. The SMILES string of the molecule is Cc1cc(C)nc(/N=C(\Cc2cccs2)NO)c1. The van der Waals surface area contributed by atoms with Gasteiger partial charge in [0.15, 0.2) is 5.82 Å². The van der Waals surface area contributed by atoms with Gasteiger partial charge in [-0.2, -0.15) is 0 Å². The van der Waals surface area contributed by atoms with Crippen molar-refractivity contribution in [1.29, 1.82) is 0 Å². The minimum atomic E-state index is 0.495. The van der Waals surface area contributed by atoms with Crippen LogP contribution in [0.2, 0.25) is 0 Å². The van der Waals surface area contributed by atoms with Gasteiger partial charge >= 0.3 is 0 Å². The van der Waals surface area contributed by atoms with Crippen LogP contribution in [0.5, 0.6) is 0 Å². The number of rotatable bonds is 3. The molecule has 2 aromatic rings. The average molecular weight is 261 g/mol. The molecule has 0 spiro atoms. The largest absolute Gasteiger partial charge is 0.290 e. The monoisotopic (exact) mass is 261 g/mol. The molecule has 2 heterocycles. The molecule has 0 saturated heterocycles. The van der Waals surface area contributed by atoms with Crippen LogP contribution in [-0.4, -0.2) is 16.0 Å². The maximum atomic E-state index is 9.12. The number of hydrogen-bond donors (Lipinski definition) is 2. The number of amidine groups is 1. The highest BCUT2D eigenvalue weighted by Gasteiger charge is 2.03. The first-order valence-corrected chi connectivity index (χ1v) is 6.50. The molecule has 5 heteroatoms. The van der Waals surface area contributed by atoms with Gasteiger partial charge in [0.2, 0.25) is 0 Å². The number of nitrogens with one attached hydrogen (secondary N) is 1. The molecule has 0 atom stereocenters. The highest BCUT2D eigenvalue weighted by atomic mass is 32.1. The highest BCUT2D eigenvalue weighted by Crippen LogP contribution is 2.14. The normalized spacial score (nSPS) is 11.6. The third-order valence-corrected chi connectivity index (χ3v) is 3.26. The first-order chi connectivity index (χ1) is 8.67. The fourth-order valence-electron chi connectivity index (χ4n) is 1.70. The molecule has 0 radical (unpaired) electrons. The molecule has 2 aromatic heterocycles. The van der Waals surface area contributed by atoms with Crippen molar-refractivity contribution in [3.05, 3.63) is 45.8 Å². The molecule has 0 bridgehead atoms. The van der Waals surface area contributed by atoms with E-state index in [1.165, 1.54) is 0 Å². The van der Waals surface area contributed by atoms with Crippen LogP contribution in [0.15, 0.2) is 34.6 Å². The molecule has 0 aliphatic rings. The molecule has 0 amide bonds. The van der Waals surface area contributed by atoms with E-state index >= 15 is 0 Å². The number of aliphatic imine (C=N–C) groups is 1. The van der Waals surface area contributed by atoms with Crippen molar-refractivity contribution in [2.24, 2.45) is 4.99 Å². The van der Waals surface area contributed by atoms with Crippen molar-refractivity contribution in [1.82, 2.24) is 10.5 Å². The number of nitrogens with zero attached hydrogens (tertiary/aromatic N) is 2. The molecule has 2 N–H and O–H groups in total. The Hall–Kier alpha value is -1.72. The molecule has 18 heavy (non-hydrogen) atoms. The Bertz CT molecular complexity index is 529. The predicted octanol–water partition coefficient (Wildman–Crippen LogP) is 3.01. The number of hydroxylamine groups is 1. The molecular weight excluding hydrogens is 246 g/mol. The van der Waals surface area contributed by atoms with Crippen molar-refractivity contribution in [3.8, 4) is 0 Å². The van der Waals surface area contributed by atoms with Crippen LogP contribution in [0.1, 0.15) is 16.1 Å². The van der Waals surface area contributed by atoms with Crippen LogP contribution in [-0.2, 0) is 6.42 Å². The van der Waals surface area contributed by atoms with E-state index in [4.69, 9.17) is 5.21 Å². The fourth-order valence-corrected chi connectivity index (χ4v) is 2.41. The fraction of sp³-hybridized carbons (Fsp3) is 0.231. The van der Waals surface area contributed by atoms with E-state index < -0.39 is 0 Å². The van der Waals surface area contributed by atoms with Gasteiger partial charge in [0, 0.05) is 17.0 Å². The summed E-state index contributed by atoms with van der Waals surface area (Å²) in [4.78, 5) is 9.78. The van der Waals surface area contributed by atoms with Crippen LogP contribution < -0.4 is 5.48 Å². The predicted molar refractivity (Wildman–Crippen MR) is 73.8 cm³/mol. The second-order valence-electron chi connectivity index (χ2n) is 4.07. The van der Waals surface area contributed by atoms with Crippen molar-refractivity contribution in [2.45, 2.75) is 20.3 Å². The van der Waals surface area contributed by atoms with Crippen LogP contribution in [0.25, 0.3) is 0 Å². The van der Waals surface area contributed by atoms with Gasteiger partial charge in [-0.1, -0.05) is 6.07 Å². The number of hydrogen-bond acceptors (Lipinski definition) is 4. The zero-order valence-electron chi connectivity index (χ0n) is 10.3. The number of aryl methyl sites for hydroxylation is 2. The maximum absolute atomic E-state index is 9.12. The van der Waals surface area contributed by atoms with Gasteiger partial charge in [0.05, 0.1) is 0 Å². The number of pyridine rings is 1. The minimum Gasteiger partial charge on any atom is -0.290 e. The summed E-state index contributed by atoms with van der Waals surface area (Å²) in [5.74, 6) is 1.11. The summed E-state index contributed by atoms with van der Waals surface area (Å²) in [7, 11) is 0. The van der Waals surface area contributed by atoms with E-state index in [-0.39, 0.29) is 0 Å². The van der Waals surface area contributed by atoms with Crippen molar-refractivity contribution in [3.63, 3.8) is 0 Å². The minimum absolute atomic E-state index is 0.495. The standard InChI is InChI=1S/C13H15N3OS/c1-9-6-10(2)14-12(7-9)15-13(16-17)8-11-4-3-5-18-11/h3-7,17H,8H2,1-2H3,(H,14,15,16). The molecule has 0 fully saturated rings. The van der Waals surface area contributed by atoms with Gasteiger partial charge in [-0.15, -0.1) is 11.3 Å². The van der Waals surface area contributed by atoms with E-state index in [2.05, 4.69) is 15.5 Å². The summed E-state index contributed by atoms with van der Waals surface area (Å²) < 4.78 is 0. The van der Waals surface area contributed by atoms with Crippen LogP contribution in [0.4, 0.5) is 5.82 Å². The van der Waals surface area contributed by atoms with E-state index in [0.717, 1.165) is 16.1 Å². The van der Waals surface area contributed by atoms with Gasteiger partial charge in [-0.3, -0.25) is 10.7 Å². The first kappa shape index (κ1) is 12.7. The third-order valence-electron chi connectivity index (χ3n) is 2.38. The Balaban J connectivity index is 2.23. The van der Waals surface area contributed by atoms with Crippen molar-refractivity contribution in [2.75, 3.05) is 0 Å². The second kappa shape index (κ2) is 5.75. The van der Waals surface area contributed by atoms with Crippen LogP contribution >= 0.6 is 11.3 Å².